The quantitative estimate of drug-likeness (QED) is 0.149. The number of piperidine rings is 1. The third-order valence-corrected chi connectivity index (χ3v) is 14.2. The smallest absolute Gasteiger partial charge is 0.315 e. The van der Waals surface area contributed by atoms with E-state index in [9.17, 15) is 32.4 Å². The minimum Gasteiger partial charge on any atom is -0.346 e. The Morgan fingerprint density at radius 2 is 1.54 bits per heavy atom. The van der Waals surface area contributed by atoms with Gasteiger partial charge in [-0.2, -0.15) is 0 Å². The van der Waals surface area contributed by atoms with Crippen molar-refractivity contribution in [2.45, 2.75) is 122 Å². The van der Waals surface area contributed by atoms with E-state index in [-0.39, 0.29) is 53.3 Å². The van der Waals surface area contributed by atoms with Crippen LogP contribution in [0.15, 0.2) is 12.7 Å². The lowest BCUT2D eigenvalue weighted by Gasteiger charge is -2.38. The van der Waals surface area contributed by atoms with Gasteiger partial charge >= 0.3 is 6.03 Å². The van der Waals surface area contributed by atoms with Crippen LogP contribution in [0, 0.1) is 34.5 Å². The highest BCUT2D eigenvalue weighted by atomic mass is 32.2. The summed E-state index contributed by atoms with van der Waals surface area (Å²) in [7, 11) is -1.91. The molecule has 5 rings (SSSR count). The minimum atomic E-state index is -3.46. The number of Topliss-reactive ketones (excluding diaryl/α,β-unsaturated/α-hetero) is 1. The first-order valence-electron chi connectivity index (χ1n) is 18.5. The molecule has 0 spiro atoms. The number of hydrogen-bond acceptors (Lipinski definition) is 7. The number of rotatable bonds is 15. The zero-order valence-electron chi connectivity index (χ0n) is 30.6. The van der Waals surface area contributed by atoms with Gasteiger partial charge in [0.05, 0.1) is 5.25 Å². The second kappa shape index (κ2) is 14.6. The maximum atomic E-state index is 14.6. The number of nitrogens with zero attached hydrogens (tertiary/aromatic N) is 2. The zero-order chi connectivity index (χ0) is 36.8. The molecule has 4 N–H and O–H groups in total. The van der Waals surface area contributed by atoms with Crippen LogP contribution in [0.5, 0.6) is 0 Å². The maximum Gasteiger partial charge on any atom is 0.315 e. The number of nitrogens with one attached hydrogen (secondary N) is 4. The van der Waals surface area contributed by atoms with Gasteiger partial charge in [-0.3, -0.25) is 19.2 Å². The summed E-state index contributed by atoms with van der Waals surface area (Å²) in [4.78, 5) is 69.8. The van der Waals surface area contributed by atoms with Crippen molar-refractivity contribution in [1.82, 2.24) is 30.5 Å². The van der Waals surface area contributed by atoms with Gasteiger partial charge in [0, 0.05) is 32.7 Å². The Kier molecular flexibility index (Phi) is 11.1. The number of sulfonamides is 1. The molecule has 50 heavy (non-hydrogen) atoms. The summed E-state index contributed by atoms with van der Waals surface area (Å²) < 4.78 is 27.2. The van der Waals surface area contributed by atoms with Crippen molar-refractivity contribution in [3.05, 3.63) is 12.7 Å². The van der Waals surface area contributed by atoms with Crippen molar-refractivity contribution < 1.29 is 32.4 Å². The SMILES string of the molecule is C=CCNC(=O)C(=O)C(NC(=O)[C@@H]1[C@@H]2[C@H](CN1C(=O)[C@@H](NC(=O)N[C@H](CN(C)S(=O)(=O)C1CC1)C(C)(C)C)C1CCCCC1)C2(C)C)C1CC1. The molecule has 4 aliphatic carbocycles. The average Bonchev–Trinajstić information content (AvgIpc) is 3.99. The molecule has 1 aliphatic heterocycles. The number of hydrogen-bond donors (Lipinski definition) is 4. The molecule has 1 saturated heterocycles. The van der Waals surface area contributed by atoms with Crippen molar-refractivity contribution in [1.29, 1.82) is 0 Å². The average molecular weight is 719 g/mol. The second-order valence-corrected chi connectivity index (χ2v) is 19.3. The molecule has 1 heterocycles. The van der Waals surface area contributed by atoms with E-state index >= 15 is 0 Å². The van der Waals surface area contributed by atoms with Crippen LogP contribution in [0.2, 0.25) is 0 Å². The Morgan fingerprint density at radius 1 is 0.920 bits per heavy atom. The third kappa shape index (κ3) is 8.21. The molecule has 0 aromatic heterocycles. The summed E-state index contributed by atoms with van der Waals surface area (Å²) in [5.41, 5.74) is -0.671. The molecule has 5 fully saturated rings. The topological polar surface area (TPSA) is 174 Å². The Labute approximate surface area is 297 Å². The van der Waals surface area contributed by atoms with E-state index < -0.39 is 63.2 Å². The lowest BCUT2D eigenvalue weighted by atomic mass is 9.83. The van der Waals surface area contributed by atoms with Crippen LogP contribution < -0.4 is 21.3 Å². The summed E-state index contributed by atoms with van der Waals surface area (Å²) in [6, 6.07) is -3.79. The number of ketones is 1. The van der Waals surface area contributed by atoms with Crippen LogP contribution >= 0.6 is 0 Å². The highest BCUT2D eigenvalue weighted by Gasteiger charge is 2.70. The molecule has 0 aromatic carbocycles. The van der Waals surface area contributed by atoms with Crippen LogP contribution in [0.3, 0.4) is 0 Å². The molecule has 0 bridgehead atoms. The molecular formula is C36H58N6O7S. The summed E-state index contributed by atoms with van der Waals surface area (Å²) in [6.07, 6.45) is 8.60. The first-order valence-corrected chi connectivity index (χ1v) is 20.0. The third-order valence-electron chi connectivity index (χ3n) is 11.9. The largest absolute Gasteiger partial charge is 0.346 e. The zero-order valence-corrected chi connectivity index (χ0v) is 31.4. The van der Waals surface area contributed by atoms with Gasteiger partial charge in [0.25, 0.3) is 5.91 Å². The maximum absolute atomic E-state index is 14.6. The van der Waals surface area contributed by atoms with Crippen molar-refractivity contribution in [2.75, 3.05) is 26.7 Å². The van der Waals surface area contributed by atoms with Crippen molar-refractivity contribution in [3.63, 3.8) is 0 Å². The predicted octanol–water partition coefficient (Wildman–Crippen LogP) is 2.32. The van der Waals surface area contributed by atoms with E-state index in [0.717, 1.165) is 44.9 Å². The van der Waals surface area contributed by atoms with E-state index in [1.807, 2.05) is 20.8 Å². The molecule has 13 nitrogen and oxygen atoms in total. The van der Waals surface area contributed by atoms with E-state index in [4.69, 9.17) is 0 Å². The molecule has 1 unspecified atom stereocenters. The molecule has 0 aromatic rings. The van der Waals surface area contributed by atoms with Crippen LogP contribution in [0.1, 0.15) is 92.4 Å². The summed E-state index contributed by atoms with van der Waals surface area (Å²) >= 11 is 0. The van der Waals surface area contributed by atoms with Crippen molar-refractivity contribution >= 4 is 39.6 Å². The Morgan fingerprint density at radius 3 is 2.10 bits per heavy atom. The minimum absolute atomic E-state index is 0.0863. The molecule has 6 atom stereocenters. The summed E-state index contributed by atoms with van der Waals surface area (Å²) in [6.45, 7) is 14.1. The van der Waals surface area contributed by atoms with Crippen molar-refractivity contribution in [2.24, 2.45) is 34.5 Å². The van der Waals surface area contributed by atoms with E-state index in [2.05, 4.69) is 41.7 Å². The molecule has 0 radical (unpaired) electrons. The fourth-order valence-electron chi connectivity index (χ4n) is 8.16. The van der Waals surface area contributed by atoms with Crippen LogP contribution in [0.25, 0.3) is 0 Å². The number of urea groups is 1. The molecule has 4 saturated carbocycles. The first kappa shape index (κ1) is 38.2. The molecule has 14 heteroatoms. The van der Waals surface area contributed by atoms with Crippen LogP contribution in [-0.2, 0) is 29.2 Å². The number of likely N-dealkylation sites (N-methyl/N-ethyl adjacent to an activating group) is 1. The van der Waals surface area contributed by atoms with Gasteiger partial charge < -0.3 is 26.2 Å². The number of fused-ring (bicyclic) bond motifs is 1. The van der Waals surface area contributed by atoms with Crippen LogP contribution in [-0.4, -0.2) is 103 Å². The monoisotopic (exact) mass is 718 g/mol. The standard InChI is InChI=1S/C36H58N6O7S/c1-8-18-37-32(45)30(43)27(22-14-15-22)39-31(44)29-26-24(36(26,5)6)19-42(29)33(46)28(21-12-10-9-11-13-21)40-34(47)38-25(35(2,3)4)20-41(7)50(48,49)23-16-17-23/h8,21-29H,1,9-20H2,2-7H3,(H,37,45)(H,39,44)(H2,38,40,47)/t24-,25+,26-,27?,28-,29-/m0/s1. The van der Waals surface area contributed by atoms with Gasteiger partial charge in [-0.25, -0.2) is 17.5 Å². The van der Waals surface area contributed by atoms with Crippen LogP contribution in [0.4, 0.5) is 4.79 Å². The highest BCUT2D eigenvalue weighted by Crippen LogP contribution is 2.65. The van der Waals surface area contributed by atoms with Gasteiger partial charge in [0.1, 0.15) is 18.1 Å². The lowest BCUT2D eigenvalue weighted by Crippen LogP contribution is -2.62. The van der Waals surface area contributed by atoms with Gasteiger partial charge in [0.15, 0.2) is 0 Å². The lowest BCUT2D eigenvalue weighted by molar-refractivity contribution is -0.145. The van der Waals surface area contributed by atoms with Gasteiger partial charge in [-0.15, -0.1) is 6.58 Å². The Bertz CT molecular complexity index is 1460. The van der Waals surface area contributed by atoms with Gasteiger partial charge in [-0.05, 0) is 73.0 Å². The number of carbonyl (C=O) groups is 5. The highest BCUT2D eigenvalue weighted by molar-refractivity contribution is 7.90. The molecular weight excluding hydrogens is 660 g/mol. The Hall–Kier alpha value is -3.00. The Balaban J connectivity index is 1.34. The second-order valence-electron chi connectivity index (χ2n) is 17.0. The first-order chi connectivity index (χ1) is 23.4. The summed E-state index contributed by atoms with van der Waals surface area (Å²) in [5, 5.41) is 11.0. The number of amides is 5. The molecule has 280 valence electrons. The van der Waals surface area contributed by atoms with Crippen molar-refractivity contribution in [3.8, 4) is 0 Å². The fourth-order valence-corrected chi connectivity index (χ4v) is 9.76. The van der Waals surface area contributed by atoms with Gasteiger partial charge in [-0.1, -0.05) is 60.0 Å². The number of likely N-dealkylation sites (tertiary alicyclic amines) is 1. The van der Waals surface area contributed by atoms with E-state index in [1.165, 1.54) is 10.4 Å². The van der Waals surface area contributed by atoms with Gasteiger partial charge in [0.2, 0.25) is 27.6 Å². The van der Waals surface area contributed by atoms with E-state index in [0.29, 0.717) is 19.4 Å². The molecule has 5 aliphatic rings. The van der Waals surface area contributed by atoms with E-state index in [1.54, 1.807) is 11.9 Å². The number of carbonyl (C=O) groups excluding carboxylic acids is 5. The molecule has 5 amide bonds. The summed E-state index contributed by atoms with van der Waals surface area (Å²) in [5.74, 6) is -2.54. The predicted molar refractivity (Wildman–Crippen MR) is 189 cm³/mol. The fraction of sp³-hybridized carbons (Fsp3) is 0.806. The normalized spacial score (nSPS) is 26.6.